The van der Waals surface area contributed by atoms with Crippen molar-refractivity contribution < 1.29 is 14.3 Å². The van der Waals surface area contributed by atoms with Gasteiger partial charge in [0.05, 0.1) is 31.2 Å². The average molecular weight is 364 g/mol. The number of hydrogen-bond acceptors (Lipinski definition) is 7. The van der Waals surface area contributed by atoms with E-state index in [9.17, 15) is 9.59 Å². The Balaban J connectivity index is 1.80. The van der Waals surface area contributed by atoms with Gasteiger partial charge < -0.3 is 14.5 Å². The molecule has 138 valence electrons. The zero-order valence-electron chi connectivity index (χ0n) is 15.3. The van der Waals surface area contributed by atoms with Crippen molar-refractivity contribution in [3.8, 4) is 0 Å². The van der Waals surface area contributed by atoms with Crippen molar-refractivity contribution in [1.29, 1.82) is 0 Å². The number of carbonyl (C=O) groups is 2. The van der Waals surface area contributed by atoms with E-state index in [1.165, 1.54) is 0 Å². The molecule has 0 fully saturated rings. The molecule has 27 heavy (non-hydrogen) atoms. The number of fused-ring (bicyclic) bond motifs is 1. The molecule has 0 amide bonds. The minimum absolute atomic E-state index is 0.121. The molecule has 1 atom stereocenters. The topological polar surface area (TPSA) is 75.6 Å². The Hall–Kier alpha value is -3.06. The molecule has 1 unspecified atom stereocenters. The third-order valence-electron chi connectivity index (χ3n) is 5.03. The van der Waals surface area contributed by atoms with Gasteiger partial charge in [-0.15, -0.1) is 0 Å². The molecule has 1 aromatic carbocycles. The second-order valence-corrected chi connectivity index (χ2v) is 6.54. The highest BCUT2D eigenvalue weighted by Crippen LogP contribution is 2.38. The Kier molecular flexibility index (Phi) is 4.45. The summed E-state index contributed by atoms with van der Waals surface area (Å²) in [6, 6.07) is 6.99. The summed E-state index contributed by atoms with van der Waals surface area (Å²) in [7, 11) is 1.62. The van der Waals surface area contributed by atoms with Crippen LogP contribution in [0.15, 0.2) is 54.3 Å². The normalized spacial score (nSPS) is 18.8. The van der Waals surface area contributed by atoms with Crippen LogP contribution in [0.4, 0.5) is 0 Å². The third kappa shape index (κ3) is 2.80. The Morgan fingerprint density at radius 1 is 1.04 bits per heavy atom. The molecule has 1 aliphatic heterocycles. The third-order valence-corrected chi connectivity index (χ3v) is 5.03. The van der Waals surface area contributed by atoms with Gasteiger partial charge in [-0.05, 0) is 6.92 Å². The van der Waals surface area contributed by atoms with Gasteiger partial charge in [0, 0.05) is 37.2 Å². The van der Waals surface area contributed by atoms with Crippen molar-refractivity contribution in [2.45, 2.75) is 19.6 Å². The van der Waals surface area contributed by atoms with Crippen LogP contribution >= 0.6 is 0 Å². The minimum Gasteiger partial charge on any atom is -0.383 e. The van der Waals surface area contributed by atoms with E-state index in [0.29, 0.717) is 42.2 Å². The monoisotopic (exact) mass is 364 g/mol. The van der Waals surface area contributed by atoms with Crippen molar-refractivity contribution >= 4 is 11.6 Å². The molecule has 0 radical (unpaired) electrons. The van der Waals surface area contributed by atoms with E-state index in [4.69, 9.17) is 4.74 Å². The van der Waals surface area contributed by atoms with E-state index in [-0.39, 0.29) is 17.7 Å². The standard InChI is InChI=1S/C20H20N4O3/c1-13-23(9-10-27-2)17-18(24(13)12-14-11-21-7-8-22-14)20(26)16-6-4-3-5-15(16)19(17)25/h3-8,11,13H,9-10,12H2,1-2H3. The summed E-state index contributed by atoms with van der Waals surface area (Å²) in [6.45, 7) is 3.37. The number of aromatic nitrogens is 2. The highest BCUT2D eigenvalue weighted by molar-refractivity contribution is 6.26. The first-order chi connectivity index (χ1) is 13.1. The number of ketones is 2. The van der Waals surface area contributed by atoms with Gasteiger partial charge in [-0.1, -0.05) is 24.3 Å². The van der Waals surface area contributed by atoms with E-state index in [1.807, 2.05) is 16.7 Å². The van der Waals surface area contributed by atoms with Crippen LogP contribution in [0.2, 0.25) is 0 Å². The first-order valence-corrected chi connectivity index (χ1v) is 8.83. The van der Waals surface area contributed by atoms with Gasteiger partial charge in [-0.3, -0.25) is 19.6 Å². The average Bonchev–Trinajstić information content (AvgIpc) is 2.97. The fraction of sp³-hybridized carbons (Fsp3) is 0.300. The molecule has 1 aliphatic carbocycles. The van der Waals surface area contributed by atoms with Crippen molar-refractivity contribution in [2.24, 2.45) is 0 Å². The summed E-state index contributed by atoms with van der Waals surface area (Å²) in [4.78, 5) is 38.8. The maximum Gasteiger partial charge on any atom is 0.212 e. The predicted octanol–water partition coefficient (Wildman–Crippen LogP) is 1.88. The lowest BCUT2D eigenvalue weighted by molar-refractivity contribution is 0.0867. The lowest BCUT2D eigenvalue weighted by atomic mass is 9.90. The lowest BCUT2D eigenvalue weighted by Crippen LogP contribution is -2.40. The van der Waals surface area contributed by atoms with Crippen LogP contribution < -0.4 is 0 Å². The SMILES string of the molecule is COCCN1C2=C(C(=O)c3ccccc3C2=O)N(Cc2cnccn2)C1C. The Morgan fingerprint density at radius 3 is 2.30 bits per heavy atom. The van der Waals surface area contributed by atoms with Gasteiger partial charge in [-0.25, -0.2) is 0 Å². The molecule has 1 aromatic heterocycles. The molecular formula is C20H20N4O3. The van der Waals surface area contributed by atoms with E-state index >= 15 is 0 Å². The fourth-order valence-corrected chi connectivity index (χ4v) is 3.71. The van der Waals surface area contributed by atoms with Crippen LogP contribution in [0, 0.1) is 0 Å². The Bertz CT molecular complexity index is 926. The number of allylic oxidation sites excluding steroid dienone is 2. The summed E-state index contributed by atoms with van der Waals surface area (Å²) in [6.07, 6.45) is 4.73. The summed E-state index contributed by atoms with van der Waals surface area (Å²) < 4.78 is 5.22. The van der Waals surface area contributed by atoms with Crippen molar-refractivity contribution in [1.82, 2.24) is 19.8 Å². The summed E-state index contributed by atoms with van der Waals surface area (Å²) >= 11 is 0. The smallest absolute Gasteiger partial charge is 0.212 e. The Morgan fingerprint density at radius 2 is 1.70 bits per heavy atom. The largest absolute Gasteiger partial charge is 0.383 e. The zero-order valence-corrected chi connectivity index (χ0v) is 15.3. The molecule has 0 spiro atoms. The number of carbonyl (C=O) groups excluding carboxylic acids is 2. The van der Waals surface area contributed by atoms with Crippen LogP contribution in [0.1, 0.15) is 33.3 Å². The van der Waals surface area contributed by atoms with E-state index in [2.05, 4.69) is 9.97 Å². The van der Waals surface area contributed by atoms with Gasteiger partial charge in [0.2, 0.25) is 11.6 Å². The second-order valence-electron chi connectivity index (χ2n) is 6.54. The van der Waals surface area contributed by atoms with Crippen molar-refractivity contribution in [3.05, 3.63) is 71.1 Å². The number of nitrogens with zero attached hydrogens (tertiary/aromatic N) is 4. The maximum absolute atomic E-state index is 13.3. The molecule has 4 rings (SSSR count). The minimum atomic E-state index is -0.172. The fourth-order valence-electron chi connectivity index (χ4n) is 3.71. The highest BCUT2D eigenvalue weighted by Gasteiger charge is 2.45. The Labute approximate surface area is 157 Å². The lowest BCUT2D eigenvalue weighted by Gasteiger charge is -2.31. The summed E-state index contributed by atoms with van der Waals surface area (Å²) in [5.41, 5.74) is 2.53. The van der Waals surface area contributed by atoms with Crippen LogP contribution in [0.5, 0.6) is 0 Å². The molecule has 0 saturated heterocycles. The molecule has 0 saturated carbocycles. The first kappa shape index (κ1) is 17.4. The first-order valence-electron chi connectivity index (χ1n) is 8.83. The summed E-state index contributed by atoms with van der Waals surface area (Å²) in [5.74, 6) is -0.249. The van der Waals surface area contributed by atoms with Gasteiger partial charge in [-0.2, -0.15) is 0 Å². The molecule has 7 heteroatoms. The molecular weight excluding hydrogens is 344 g/mol. The van der Waals surface area contributed by atoms with E-state index in [1.54, 1.807) is 50.0 Å². The van der Waals surface area contributed by atoms with Gasteiger partial charge >= 0.3 is 0 Å². The second kappa shape index (κ2) is 6.92. The van der Waals surface area contributed by atoms with Gasteiger partial charge in [0.1, 0.15) is 11.4 Å². The quantitative estimate of drug-likeness (QED) is 0.802. The molecule has 0 N–H and O–H groups in total. The number of hydrogen-bond donors (Lipinski definition) is 0. The van der Waals surface area contributed by atoms with Crippen molar-refractivity contribution in [2.75, 3.05) is 20.3 Å². The molecule has 0 bridgehead atoms. The van der Waals surface area contributed by atoms with Gasteiger partial charge in [0.15, 0.2) is 0 Å². The maximum atomic E-state index is 13.3. The van der Waals surface area contributed by atoms with Crippen molar-refractivity contribution in [3.63, 3.8) is 0 Å². The van der Waals surface area contributed by atoms with Crippen LogP contribution in [-0.4, -0.2) is 57.8 Å². The molecule has 7 nitrogen and oxygen atoms in total. The number of methoxy groups -OCH3 is 1. The number of rotatable bonds is 5. The van der Waals surface area contributed by atoms with E-state index < -0.39 is 0 Å². The number of ether oxygens (including phenoxy) is 1. The molecule has 2 heterocycles. The number of Topliss-reactive ketones (excluding diaryl/α,β-unsaturated/α-hetero) is 2. The number of benzene rings is 1. The molecule has 2 aromatic rings. The molecule has 2 aliphatic rings. The van der Waals surface area contributed by atoms with Crippen LogP contribution in [0.3, 0.4) is 0 Å². The zero-order chi connectivity index (χ0) is 19.0. The summed E-state index contributed by atoms with van der Waals surface area (Å²) in [5, 5.41) is 0. The van der Waals surface area contributed by atoms with E-state index in [0.717, 1.165) is 5.69 Å². The van der Waals surface area contributed by atoms with Crippen LogP contribution in [0.25, 0.3) is 0 Å². The van der Waals surface area contributed by atoms with Gasteiger partial charge in [0.25, 0.3) is 0 Å². The van der Waals surface area contributed by atoms with Crippen LogP contribution in [-0.2, 0) is 11.3 Å². The predicted molar refractivity (Wildman–Crippen MR) is 97.7 cm³/mol. The highest BCUT2D eigenvalue weighted by atomic mass is 16.5.